The first-order chi connectivity index (χ1) is 27.9. The zero-order valence-electron chi connectivity index (χ0n) is 33.6. The average molecular weight is 839 g/mol. The maximum absolute atomic E-state index is 14.7. The highest BCUT2D eigenvalue weighted by molar-refractivity contribution is 7.55. The van der Waals surface area contributed by atoms with Gasteiger partial charge in [-0.2, -0.15) is 0 Å². The van der Waals surface area contributed by atoms with Gasteiger partial charge in [0.2, 0.25) is 11.8 Å². The molecule has 0 bridgehead atoms. The molecule has 58 heavy (non-hydrogen) atoms. The third kappa shape index (κ3) is 9.30. The minimum Gasteiger partial charge on any atom is -0.497 e. The van der Waals surface area contributed by atoms with Crippen molar-refractivity contribution in [3.63, 3.8) is 0 Å². The number of carbonyl (C=O) groups excluding carboxylic acids is 3. The standard InChI is InChI=1S/C41H55N6O9PS/c1-5-54-57(51,52)41-22-26(41)13-9-7-6-8-10-16-31(45-40(50)56-27-14-11-12-15-27)38(49)47-23-29(20-35(47)37(48)46-41)55-36-21-33(34-24-58-39(44-34)42-25(2)3)43-32-19-28(53-4)17-18-30(32)36/h9,13,17-19,21,24-27,29,31,35H,5-8,10-12,14-16,20,22-23H2,1-4H3,(H,42,44)(H,45,50)(H,46,48)(H,51,52)/t26-,29-,31+,35+,41+/m1/s1. The molecule has 2 aromatic heterocycles. The van der Waals surface area contributed by atoms with E-state index in [1.807, 2.05) is 55.6 Å². The van der Waals surface area contributed by atoms with Crippen LogP contribution in [0.1, 0.15) is 91.4 Å². The van der Waals surface area contributed by atoms with Crippen molar-refractivity contribution in [2.45, 2.75) is 127 Å². The van der Waals surface area contributed by atoms with Gasteiger partial charge in [0.15, 0.2) is 5.13 Å². The van der Waals surface area contributed by atoms with Gasteiger partial charge in [-0.3, -0.25) is 14.2 Å². The van der Waals surface area contributed by atoms with Crippen molar-refractivity contribution in [3.05, 3.63) is 41.8 Å². The molecular weight excluding hydrogens is 784 g/mol. The molecule has 4 N–H and O–H groups in total. The minimum absolute atomic E-state index is 0.0136. The molecule has 0 spiro atoms. The number of methoxy groups -OCH3 is 1. The van der Waals surface area contributed by atoms with E-state index in [9.17, 15) is 23.8 Å². The molecule has 3 aromatic rings. The molecule has 2 aliphatic heterocycles. The van der Waals surface area contributed by atoms with Gasteiger partial charge in [0.05, 0.1) is 31.5 Å². The SMILES string of the molecule is CCOP(=O)(O)[C@@]12C[C@H]1C=CCCCCC[C@H](NC(=O)OC1CCCC1)C(=O)N1C[C@H](Oc3cc(-c4csc(NC(C)C)n4)nc4cc(OC)ccc34)C[C@H]1C(=O)N2. The van der Waals surface area contributed by atoms with Crippen LogP contribution < -0.4 is 25.4 Å². The number of hydrogen-bond donors (Lipinski definition) is 4. The first-order valence-electron chi connectivity index (χ1n) is 20.5. The van der Waals surface area contributed by atoms with Crippen LogP contribution in [0.5, 0.6) is 11.5 Å². The molecule has 1 saturated heterocycles. The van der Waals surface area contributed by atoms with Crippen LogP contribution >= 0.6 is 18.9 Å². The molecule has 3 amide bonds. The Bertz CT molecular complexity index is 2060. The highest BCUT2D eigenvalue weighted by Crippen LogP contribution is 2.70. The van der Waals surface area contributed by atoms with Crippen LogP contribution in [0.15, 0.2) is 41.8 Å². The molecule has 1 aromatic carbocycles. The van der Waals surface area contributed by atoms with E-state index in [0.29, 0.717) is 46.6 Å². The number of benzene rings is 1. The maximum atomic E-state index is 14.7. The quantitative estimate of drug-likeness (QED) is 0.113. The summed E-state index contributed by atoms with van der Waals surface area (Å²) in [6.07, 6.45) is 9.51. The van der Waals surface area contributed by atoms with Crippen molar-refractivity contribution >= 4 is 52.9 Å². The zero-order chi connectivity index (χ0) is 41.0. The highest BCUT2D eigenvalue weighted by atomic mass is 32.1. The number of ether oxygens (including phenoxy) is 3. The second kappa shape index (κ2) is 17.9. The van der Waals surface area contributed by atoms with Crippen molar-refractivity contribution in [1.29, 1.82) is 0 Å². The van der Waals surface area contributed by atoms with E-state index in [1.54, 1.807) is 14.0 Å². The van der Waals surface area contributed by atoms with Crippen LogP contribution in [-0.2, 0) is 23.4 Å². The van der Waals surface area contributed by atoms with Gasteiger partial charge in [-0.05, 0) is 84.3 Å². The number of nitrogens with zero attached hydrogens (tertiary/aromatic N) is 3. The smallest absolute Gasteiger partial charge is 0.408 e. The van der Waals surface area contributed by atoms with E-state index in [-0.39, 0.29) is 38.1 Å². The van der Waals surface area contributed by atoms with Gasteiger partial charge in [-0.25, -0.2) is 14.8 Å². The monoisotopic (exact) mass is 838 g/mol. The van der Waals surface area contributed by atoms with Crippen molar-refractivity contribution in [2.75, 3.05) is 25.6 Å². The molecule has 4 heterocycles. The second-order valence-corrected chi connectivity index (χ2v) is 18.9. The van der Waals surface area contributed by atoms with Crippen LogP contribution in [0.3, 0.4) is 0 Å². The van der Waals surface area contributed by atoms with E-state index in [0.717, 1.165) is 50.1 Å². The summed E-state index contributed by atoms with van der Waals surface area (Å²) in [7, 11) is -2.76. The fraction of sp³-hybridized carbons (Fsp3) is 0.585. The summed E-state index contributed by atoms with van der Waals surface area (Å²) in [6, 6.07) is 5.43. The number of alkyl carbamates (subject to hydrolysis) is 1. The largest absolute Gasteiger partial charge is 0.497 e. The summed E-state index contributed by atoms with van der Waals surface area (Å²) in [4.78, 5) is 64.7. The number of aromatic nitrogens is 2. The van der Waals surface area contributed by atoms with Crippen LogP contribution in [0, 0.1) is 5.92 Å². The lowest BCUT2D eigenvalue weighted by Crippen LogP contribution is -2.55. The summed E-state index contributed by atoms with van der Waals surface area (Å²) in [6.45, 7) is 5.71. The number of nitrogens with one attached hydrogen (secondary N) is 3. The Kier molecular flexibility index (Phi) is 13.0. The molecule has 7 rings (SSSR count). The zero-order valence-corrected chi connectivity index (χ0v) is 35.3. The predicted molar refractivity (Wildman–Crippen MR) is 221 cm³/mol. The number of rotatable bonds is 11. The third-order valence-electron chi connectivity index (χ3n) is 11.3. The summed E-state index contributed by atoms with van der Waals surface area (Å²) < 4.78 is 37.1. The molecule has 0 radical (unpaired) electrons. The topological polar surface area (TPSA) is 191 Å². The molecule has 2 aliphatic carbocycles. The average Bonchev–Trinajstić information content (AvgIpc) is 3.60. The number of thiazole rings is 1. The maximum Gasteiger partial charge on any atom is 0.408 e. The number of allylic oxidation sites excluding steroid dienone is 1. The number of carbonyl (C=O) groups is 3. The molecular formula is C41H55N6O9PS. The Hall–Kier alpha value is -4.24. The number of amides is 3. The van der Waals surface area contributed by atoms with Crippen LogP contribution in [0.2, 0.25) is 0 Å². The summed E-state index contributed by atoms with van der Waals surface area (Å²) in [5.74, 6) is -0.368. The summed E-state index contributed by atoms with van der Waals surface area (Å²) >= 11 is 1.47. The van der Waals surface area contributed by atoms with Gasteiger partial charge in [0, 0.05) is 41.3 Å². The van der Waals surface area contributed by atoms with E-state index >= 15 is 0 Å². The van der Waals surface area contributed by atoms with Crippen LogP contribution in [-0.4, -0.2) is 93.5 Å². The van der Waals surface area contributed by atoms with E-state index in [1.165, 1.54) is 16.2 Å². The number of fused-ring (bicyclic) bond motifs is 3. The van der Waals surface area contributed by atoms with Crippen molar-refractivity contribution in [3.8, 4) is 22.9 Å². The van der Waals surface area contributed by atoms with Gasteiger partial charge in [-0.1, -0.05) is 25.0 Å². The minimum atomic E-state index is -4.34. The summed E-state index contributed by atoms with van der Waals surface area (Å²) in [5, 5.41) is 10.9. The summed E-state index contributed by atoms with van der Waals surface area (Å²) in [5.41, 5.74) is 1.82. The van der Waals surface area contributed by atoms with E-state index < -0.39 is 54.9 Å². The Balaban J connectivity index is 1.22. The lowest BCUT2D eigenvalue weighted by Gasteiger charge is -2.31. The first kappa shape index (κ1) is 41.9. The lowest BCUT2D eigenvalue weighted by molar-refractivity contribution is -0.140. The molecule has 3 fully saturated rings. The number of anilines is 1. The fourth-order valence-corrected chi connectivity index (χ4v) is 10.9. The van der Waals surface area contributed by atoms with E-state index in [4.69, 9.17) is 28.7 Å². The second-order valence-electron chi connectivity index (χ2n) is 15.9. The molecule has 15 nitrogen and oxygen atoms in total. The Morgan fingerprint density at radius 2 is 1.88 bits per heavy atom. The van der Waals surface area contributed by atoms with Crippen molar-refractivity contribution in [2.24, 2.45) is 5.92 Å². The predicted octanol–water partition coefficient (Wildman–Crippen LogP) is 7.15. The van der Waals surface area contributed by atoms with Crippen LogP contribution in [0.25, 0.3) is 22.3 Å². The molecule has 314 valence electrons. The Morgan fingerprint density at radius 1 is 1.09 bits per heavy atom. The Morgan fingerprint density at radius 3 is 2.64 bits per heavy atom. The molecule has 2 saturated carbocycles. The van der Waals surface area contributed by atoms with Gasteiger partial charge in [0.25, 0.3) is 0 Å². The normalized spacial score (nSPS) is 26.6. The lowest BCUT2D eigenvalue weighted by atomic mass is 10.0. The van der Waals surface area contributed by atoms with Crippen molar-refractivity contribution < 1.29 is 42.6 Å². The van der Waals surface area contributed by atoms with Gasteiger partial charge < -0.3 is 44.5 Å². The molecule has 17 heteroatoms. The number of pyridine rings is 1. The third-order valence-corrected chi connectivity index (χ3v) is 14.3. The van der Waals surface area contributed by atoms with Gasteiger partial charge in [0.1, 0.15) is 46.8 Å². The molecule has 1 unspecified atom stereocenters. The highest BCUT2D eigenvalue weighted by Gasteiger charge is 2.67. The first-order valence-corrected chi connectivity index (χ1v) is 23.0. The molecule has 4 aliphatic rings. The fourth-order valence-electron chi connectivity index (χ4n) is 8.26. The van der Waals surface area contributed by atoms with Gasteiger partial charge in [-0.15, -0.1) is 11.3 Å². The number of hydrogen-bond acceptors (Lipinski definition) is 12. The van der Waals surface area contributed by atoms with Gasteiger partial charge >= 0.3 is 13.7 Å². The Labute approximate surface area is 343 Å². The van der Waals surface area contributed by atoms with Crippen molar-refractivity contribution in [1.82, 2.24) is 25.5 Å². The van der Waals surface area contributed by atoms with Crippen LogP contribution in [0.4, 0.5) is 9.93 Å². The van der Waals surface area contributed by atoms with E-state index in [2.05, 4.69) is 16.0 Å². The molecule has 6 atom stereocenters.